The fraction of sp³-hybridized carbons (Fsp3) is 0. The van der Waals surface area contributed by atoms with E-state index in [-0.39, 0.29) is 11.3 Å². The summed E-state index contributed by atoms with van der Waals surface area (Å²) in [5, 5.41) is 20.4. The lowest BCUT2D eigenvalue weighted by atomic mass is 10.1. The van der Waals surface area contributed by atoms with Gasteiger partial charge in [0.25, 0.3) is 0 Å². The molecule has 3 N–H and O–H groups in total. The zero-order chi connectivity index (χ0) is 23.3. The number of carboxylic acid groups (broad SMARTS) is 1. The summed E-state index contributed by atoms with van der Waals surface area (Å²) in [5.41, 5.74) is 2.50. The van der Waals surface area contributed by atoms with Crippen LogP contribution in [0.25, 0.3) is 22.3 Å². The third kappa shape index (κ3) is 6.38. The lowest BCUT2D eigenvalue weighted by Crippen LogP contribution is -2.70. The van der Waals surface area contributed by atoms with Crippen LogP contribution in [0, 0.1) is 10.2 Å². The maximum Gasteiger partial charge on any atom is 0.335 e. The largest absolute Gasteiger partial charge is 0.508 e. The van der Waals surface area contributed by atoms with Crippen molar-refractivity contribution in [3.8, 4) is 17.1 Å². The summed E-state index contributed by atoms with van der Waals surface area (Å²) in [6, 6.07) is 23.0. The number of aromatic hydroxyl groups is 1. The van der Waals surface area contributed by atoms with Crippen LogP contribution >= 0.6 is 0 Å². The highest BCUT2D eigenvalue weighted by Crippen LogP contribution is 2.23. The molecule has 0 spiro atoms. The molecule has 0 aliphatic heterocycles. The van der Waals surface area contributed by atoms with Crippen molar-refractivity contribution in [3.63, 3.8) is 0 Å². The van der Waals surface area contributed by atoms with Crippen molar-refractivity contribution >= 4 is 22.6 Å². The van der Waals surface area contributed by atoms with Gasteiger partial charge < -0.3 is 14.6 Å². The molecule has 4 rings (SSSR count). The third-order valence-corrected chi connectivity index (χ3v) is 4.22. The van der Waals surface area contributed by atoms with Crippen molar-refractivity contribution in [3.05, 3.63) is 89.8 Å². The average Bonchev–Trinajstić information content (AvgIpc) is 2.74. The van der Waals surface area contributed by atoms with E-state index < -0.39 is 16.2 Å². The van der Waals surface area contributed by atoms with Crippen LogP contribution in [0.5, 0.6) is 5.75 Å². The molecule has 4 aromatic rings. The van der Waals surface area contributed by atoms with Gasteiger partial charge in [-0.2, -0.15) is 0 Å². The van der Waals surface area contributed by atoms with Crippen LogP contribution in [0.15, 0.2) is 83.3 Å². The Hall–Kier alpha value is -3.73. The first-order chi connectivity index (χ1) is 15.1. The lowest BCUT2D eigenvalue weighted by Gasteiger charge is -2.17. The van der Waals surface area contributed by atoms with Crippen molar-refractivity contribution < 1.29 is 53.3 Å². The molecule has 0 radical (unpaired) electrons. The molecule has 0 amide bonds. The van der Waals surface area contributed by atoms with E-state index in [1.807, 2.05) is 36.4 Å². The summed E-state index contributed by atoms with van der Waals surface area (Å²) in [5.74, 6) is -0.158. The number of phenols is 1. The van der Waals surface area contributed by atoms with Gasteiger partial charge in [0.15, 0.2) is 0 Å². The molecule has 32 heavy (non-hydrogen) atoms. The molecule has 9 nitrogen and oxygen atoms in total. The van der Waals surface area contributed by atoms with Gasteiger partial charge in [-0.15, -0.1) is 10.2 Å². The van der Waals surface area contributed by atoms with Crippen LogP contribution in [-0.2, 0) is 0 Å². The van der Waals surface area contributed by atoms with Crippen molar-refractivity contribution in [1.82, 2.24) is 0 Å². The molecular formula is C22H16ClNO8. The van der Waals surface area contributed by atoms with Gasteiger partial charge in [-0.1, -0.05) is 30.3 Å². The van der Waals surface area contributed by atoms with Gasteiger partial charge in [-0.25, -0.2) is 28.4 Å². The first-order valence-electron chi connectivity index (χ1n) is 8.97. The number of fused-ring (bicyclic) bond motifs is 1. The Kier molecular flexibility index (Phi) is 6.89. The second-order valence-corrected chi connectivity index (χ2v) is 7.21. The van der Waals surface area contributed by atoms with E-state index in [0.29, 0.717) is 11.3 Å². The topological polar surface area (TPSA) is 177 Å². The van der Waals surface area contributed by atoms with Crippen molar-refractivity contribution in [2.75, 3.05) is 0 Å². The minimum Gasteiger partial charge on any atom is -0.508 e. The van der Waals surface area contributed by atoms with E-state index >= 15 is 0 Å². The molecule has 1 aromatic heterocycles. The molecule has 0 fully saturated rings. The number of hydrogen-bond donors (Lipinski definition) is 3. The zero-order valence-electron chi connectivity index (χ0n) is 16.2. The first-order valence-corrected chi connectivity index (χ1v) is 10.2. The van der Waals surface area contributed by atoms with Gasteiger partial charge in [0, 0.05) is 17.7 Å². The van der Waals surface area contributed by atoms with Gasteiger partial charge in [0.1, 0.15) is 17.1 Å². The molecule has 0 saturated carbocycles. The maximum absolute atomic E-state index is 11.0. The van der Waals surface area contributed by atoms with E-state index in [1.54, 1.807) is 30.3 Å². The molecule has 0 aliphatic carbocycles. The van der Waals surface area contributed by atoms with E-state index in [1.165, 1.54) is 12.1 Å². The quantitative estimate of drug-likeness (QED) is 0.318. The fourth-order valence-corrected chi connectivity index (χ4v) is 2.87. The van der Waals surface area contributed by atoms with Crippen LogP contribution < -0.4 is 29.0 Å². The third-order valence-electron chi connectivity index (χ3n) is 4.22. The zero-order valence-corrected chi connectivity index (χ0v) is 17.0. The molecule has 3 aromatic carbocycles. The van der Waals surface area contributed by atoms with E-state index in [4.69, 9.17) is 28.2 Å². The molecule has 0 aliphatic rings. The number of halogens is 1. The monoisotopic (exact) mass is 457 g/mol. The van der Waals surface area contributed by atoms with Crippen molar-refractivity contribution in [2.45, 2.75) is 0 Å². The smallest absolute Gasteiger partial charge is 0.335 e. The Morgan fingerprint density at radius 1 is 0.875 bits per heavy atom. The highest BCUT2D eigenvalue weighted by molar-refractivity contribution is 5.87. The molecule has 164 valence electrons. The summed E-state index contributed by atoms with van der Waals surface area (Å²) in [6.45, 7) is 0. The van der Waals surface area contributed by atoms with Crippen LogP contribution in [-0.4, -0.2) is 16.2 Å². The summed E-state index contributed by atoms with van der Waals surface area (Å²) >= 11 is 0. The number of carboxylic acids is 1. The molecule has 0 saturated heterocycles. The highest BCUT2D eigenvalue weighted by atomic mass is 35.7. The molecule has 0 bridgehead atoms. The number of rotatable bonds is 3. The fourth-order valence-electron chi connectivity index (χ4n) is 2.87. The van der Waals surface area contributed by atoms with E-state index in [9.17, 15) is 9.90 Å². The Morgan fingerprint density at radius 3 is 2.09 bits per heavy atom. The van der Waals surface area contributed by atoms with Crippen LogP contribution in [0.3, 0.4) is 0 Å². The summed E-state index contributed by atoms with van der Waals surface area (Å²) in [7, 11) is -4.94. The molecule has 10 heteroatoms. The number of carbonyl (C=O) groups is 1. The first kappa shape index (κ1) is 22.9. The number of nitrogens with one attached hydrogen (secondary N) is 1. The number of phenolic OH excluding ortho intramolecular Hbond substituents is 1. The average molecular weight is 458 g/mol. The van der Waals surface area contributed by atoms with Crippen LogP contribution in [0.1, 0.15) is 10.4 Å². The Labute approximate surface area is 183 Å². The normalized spacial score (nSPS) is 11.7. The minimum absolute atomic E-state index is 0.134. The Bertz CT molecular complexity index is 1290. The van der Waals surface area contributed by atoms with Gasteiger partial charge >= 0.3 is 5.97 Å². The van der Waals surface area contributed by atoms with Crippen molar-refractivity contribution in [1.29, 1.82) is 0 Å². The molecule has 1 heterocycles. The summed E-state index contributed by atoms with van der Waals surface area (Å²) in [6.07, 6.45) is 0. The van der Waals surface area contributed by atoms with Gasteiger partial charge in [0.2, 0.25) is 11.0 Å². The minimum atomic E-state index is -4.94. The molecule has 0 atom stereocenters. The highest BCUT2D eigenvalue weighted by Gasteiger charge is 2.11. The van der Waals surface area contributed by atoms with E-state index in [0.717, 1.165) is 22.0 Å². The number of hydrogen-bond acceptors (Lipinski definition) is 7. The SMILES string of the molecule is O=C(O)c1ccc([NH+]=c2cc(-c3ccccc3)oc3ccc(O)cc23)cc1.[O-][Cl+3]([O-])([O-])[O-]. The predicted molar refractivity (Wildman–Crippen MR) is 100 cm³/mol. The van der Waals surface area contributed by atoms with Gasteiger partial charge in [-0.05, 0) is 30.3 Å². The van der Waals surface area contributed by atoms with Crippen molar-refractivity contribution in [2.24, 2.45) is 0 Å². The summed E-state index contributed by atoms with van der Waals surface area (Å²) in [4.78, 5) is 14.3. The van der Waals surface area contributed by atoms with Crippen LogP contribution in [0.2, 0.25) is 0 Å². The Balaban J connectivity index is 0.000000523. The second-order valence-electron chi connectivity index (χ2n) is 6.46. The molecule has 0 unspecified atom stereocenters. The van der Waals surface area contributed by atoms with E-state index in [2.05, 4.69) is 4.99 Å². The number of aromatic carboxylic acids is 1. The lowest BCUT2D eigenvalue weighted by molar-refractivity contribution is -2.00. The molecular weight excluding hydrogens is 442 g/mol. The second kappa shape index (κ2) is 9.60. The van der Waals surface area contributed by atoms with Crippen LogP contribution in [0.4, 0.5) is 5.69 Å². The van der Waals surface area contributed by atoms with Gasteiger partial charge in [0.05, 0.1) is 17.0 Å². The number of benzene rings is 3. The standard InChI is InChI=1S/C22H15NO4.ClHO4/c24-17-10-11-20-18(12-17)19(13-21(27-20)14-4-2-1-3-5-14)23-16-8-6-15(7-9-16)22(25)26;2-1(3,4)5/h1-13,24H,(H,25,26);(H,2,3,4,5). The van der Waals surface area contributed by atoms with Gasteiger partial charge in [-0.3, -0.25) is 0 Å². The Morgan fingerprint density at radius 2 is 1.50 bits per heavy atom. The predicted octanol–water partition coefficient (Wildman–Crippen LogP) is -1.94. The summed E-state index contributed by atoms with van der Waals surface area (Å²) < 4.78 is 40.0. The maximum atomic E-state index is 11.0.